The third-order valence-electron chi connectivity index (χ3n) is 2.73. The van der Waals surface area contributed by atoms with Crippen LogP contribution in [-0.2, 0) is 15.1 Å². The lowest BCUT2D eigenvalue weighted by Gasteiger charge is -2.34. The number of hydrogen-bond acceptors (Lipinski definition) is 5. The van der Waals surface area contributed by atoms with Crippen molar-refractivity contribution in [2.45, 2.75) is 24.9 Å². The van der Waals surface area contributed by atoms with Crippen molar-refractivity contribution in [1.29, 1.82) is 0 Å². The molecule has 84 valence electrons. The number of ether oxygens (including phenoxy) is 2. The second kappa shape index (κ2) is 4.20. The normalized spacial score (nSPS) is 26.7. The van der Waals surface area contributed by atoms with Crippen LogP contribution in [0.1, 0.15) is 25.0 Å². The Morgan fingerprint density at radius 2 is 2.47 bits per heavy atom. The van der Waals surface area contributed by atoms with Crippen molar-refractivity contribution in [3.05, 3.63) is 11.8 Å². The Labute approximate surface area is 88.5 Å². The summed E-state index contributed by atoms with van der Waals surface area (Å²) in [4.78, 5) is 0. The molecule has 2 rings (SSSR count). The zero-order valence-corrected chi connectivity index (χ0v) is 8.86. The van der Waals surface area contributed by atoms with Crippen LogP contribution in [0, 0.1) is 0 Å². The Kier molecular flexibility index (Phi) is 2.93. The van der Waals surface area contributed by atoms with Crippen LogP contribution in [0.4, 0.5) is 5.88 Å². The van der Waals surface area contributed by atoms with Gasteiger partial charge in [0.2, 0.25) is 5.88 Å². The summed E-state index contributed by atoms with van der Waals surface area (Å²) in [5.41, 5.74) is 5.79. The number of aromatic nitrogens is 1. The van der Waals surface area contributed by atoms with E-state index in [2.05, 4.69) is 5.16 Å². The first-order valence-electron chi connectivity index (χ1n) is 5.12. The van der Waals surface area contributed by atoms with E-state index < -0.39 is 5.60 Å². The summed E-state index contributed by atoms with van der Waals surface area (Å²) >= 11 is 0. The van der Waals surface area contributed by atoms with Gasteiger partial charge in [0, 0.05) is 19.8 Å². The lowest BCUT2D eigenvalue weighted by atomic mass is 9.91. The minimum atomic E-state index is -0.464. The van der Waals surface area contributed by atoms with Gasteiger partial charge in [0.1, 0.15) is 11.3 Å². The highest BCUT2D eigenvalue weighted by atomic mass is 16.5. The summed E-state index contributed by atoms with van der Waals surface area (Å²) < 4.78 is 15.9. The first kappa shape index (κ1) is 10.4. The number of hydrogen-bond donors (Lipinski definition) is 1. The predicted molar refractivity (Wildman–Crippen MR) is 54.3 cm³/mol. The van der Waals surface area contributed by atoms with Crippen molar-refractivity contribution in [1.82, 2.24) is 5.16 Å². The second-order valence-electron chi connectivity index (χ2n) is 3.85. The third kappa shape index (κ3) is 1.98. The van der Waals surface area contributed by atoms with E-state index in [1.54, 1.807) is 13.2 Å². The van der Waals surface area contributed by atoms with E-state index >= 15 is 0 Å². The molecule has 15 heavy (non-hydrogen) atoms. The molecule has 2 heterocycles. The molecule has 1 unspecified atom stereocenters. The molecule has 1 fully saturated rings. The molecule has 0 amide bonds. The highest BCUT2D eigenvalue weighted by Gasteiger charge is 2.38. The molecule has 5 heteroatoms. The summed E-state index contributed by atoms with van der Waals surface area (Å²) in [6, 6.07) is 1.71. The molecule has 1 aromatic heterocycles. The van der Waals surface area contributed by atoms with Crippen molar-refractivity contribution in [3.63, 3.8) is 0 Å². The fraction of sp³-hybridized carbons (Fsp3) is 0.700. The van der Waals surface area contributed by atoms with Gasteiger partial charge in [-0.05, 0) is 19.3 Å². The maximum absolute atomic E-state index is 5.80. The lowest BCUT2D eigenvalue weighted by Crippen LogP contribution is -2.38. The average molecular weight is 212 g/mol. The molecule has 1 atom stereocenters. The minimum Gasteiger partial charge on any atom is -0.381 e. The van der Waals surface area contributed by atoms with Gasteiger partial charge in [-0.25, -0.2) is 0 Å². The van der Waals surface area contributed by atoms with E-state index in [1.807, 2.05) is 0 Å². The van der Waals surface area contributed by atoms with Gasteiger partial charge in [0.15, 0.2) is 0 Å². The standard InChI is InChI=1S/C10H16N2O3/c1-13-7-10(4-2-3-5-14-10)8-6-9(11)15-12-8/h6H,2-5,7,11H2,1H3. The summed E-state index contributed by atoms with van der Waals surface area (Å²) in [6.45, 7) is 1.22. The first-order valence-corrected chi connectivity index (χ1v) is 5.12. The van der Waals surface area contributed by atoms with E-state index in [-0.39, 0.29) is 0 Å². The SMILES string of the molecule is COCC1(c2cc(N)on2)CCCCO1. The quantitative estimate of drug-likeness (QED) is 0.817. The molecule has 1 aliphatic rings. The van der Waals surface area contributed by atoms with Gasteiger partial charge >= 0.3 is 0 Å². The number of nitrogens with two attached hydrogens (primary N) is 1. The monoisotopic (exact) mass is 212 g/mol. The Balaban J connectivity index is 2.24. The smallest absolute Gasteiger partial charge is 0.222 e. The van der Waals surface area contributed by atoms with Gasteiger partial charge in [-0.3, -0.25) is 0 Å². The van der Waals surface area contributed by atoms with Crippen LogP contribution in [0.15, 0.2) is 10.6 Å². The predicted octanol–water partition coefficient (Wildman–Crippen LogP) is 1.30. The summed E-state index contributed by atoms with van der Waals surface area (Å²) in [6.07, 6.45) is 3.09. The Morgan fingerprint density at radius 3 is 3.00 bits per heavy atom. The fourth-order valence-corrected chi connectivity index (χ4v) is 1.98. The molecule has 0 aromatic carbocycles. The van der Waals surface area contributed by atoms with Crippen LogP contribution in [0.25, 0.3) is 0 Å². The maximum Gasteiger partial charge on any atom is 0.222 e. The summed E-state index contributed by atoms with van der Waals surface area (Å²) in [5.74, 6) is 0.314. The van der Waals surface area contributed by atoms with Gasteiger partial charge < -0.3 is 19.7 Å². The zero-order chi connectivity index (χ0) is 10.7. The van der Waals surface area contributed by atoms with Crippen LogP contribution in [0.5, 0.6) is 0 Å². The Morgan fingerprint density at radius 1 is 1.60 bits per heavy atom. The van der Waals surface area contributed by atoms with E-state index in [0.29, 0.717) is 12.5 Å². The maximum atomic E-state index is 5.80. The van der Waals surface area contributed by atoms with Crippen LogP contribution in [0.3, 0.4) is 0 Å². The van der Waals surface area contributed by atoms with Crippen LogP contribution in [-0.4, -0.2) is 25.5 Å². The van der Waals surface area contributed by atoms with Crippen LogP contribution >= 0.6 is 0 Å². The fourth-order valence-electron chi connectivity index (χ4n) is 1.98. The van der Waals surface area contributed by atoms with Crippen molar-refractivity contribution >= 4 is 5.88 Å². The average Bonchev–Trinajstić information content (AvgIpc) is 2.67. The van der Waals surface area contributed by atoms with Gasteiger partial charge in [-0.1, -0.05) is 5.16 Å². The highest BCUT2D eigenvalue weighted by Crippen LogP contribution is 2.35. The van der Waals surface area contributed by atoms with Gasteiger partial charge in [0.05, 0.1) is 6.61 Å². The topological polar surface area (TPSA) is 70.5 Å². The molecule has 2 N–H and O–H groups in total. The van der Waals surface area contributed by atoms with E-state index in [4.69, 9.17) is 19.7 Å². The van der Waals surface area contributed by atoms with Crippen molar-refractivity contribution in [2.75, 3.05) is 26.1 Å². The summed E-state index contributed by atoms with van der Waals surface area (Å²) in [5, 5.41) is 3.93. The van der Waals surface area contributed by atoms with E-state index in [9.17, 15) is 0 Å². The molecule has 1 saturated heterocycles. The molecule has 0 saturated carbocycles. The molecule has 1 aromatic rings. The van der Waals surface area contributed by atoms with Crippen molar-refractivity contribution in [3.8, 4) is 0 Å². The molecular weight excluding hydrogens is 196 g/mol. The lowest BCUT2D eigenvalue weighted by molar-refractivity contribution is -0.125. The van der Waals surface area contributed by atoms with Gasteiger partial charge in [-0.15, -0.1) is 0 Å². The number of nitrogen functional groups attached to an aromatic ring is 1. The molecule has 5 nitrogen and oxygen atoms in total. The number of rotatable bonds is 3. The molecule has 1 aliphatic heterocycles. The van der Waals surface area contributed by atoms with Crippen molar-refractivity contribution in [2.24, 2.45) is 0 Å². The first-order chi connectivity index (χ1) is 7.27. The Bertz CT molecular complexity index is 313. The van der Waals surface area contributed by atoms with E-state index in [1.165, 1.54) is 0 Å². The van der Waals surface area contributed by atoms with Gasteiger partial charge in [0.25, 0.3) is 0 Å². The highest BCUT2D eigenvalue weighted by molar-refractivity contribution is 5.28. The largest absolute Gasteiger partial charge is 0.381 e. The van der Waals surface area contributed by atoms with Crippen LogP contribution in [0.2, 0.25) is 0 Å². The second-order valence-corrected chi connectivity index (χ2v) is 3.85. The minimum absolute atomic E-state index is 0.314. The van der Waals surface area contributed by atoms with Crippen molar-refractivity contribution < 1.29 is 14.0 Å². The van der Waals surface area contributed by atoms with E-state index in [0.717, 1.165) is 31.6 Å². The number of nitrogens with zero attached hydrogens (tertiary/aromatic N) is 1. The number of methoxy groups -OCH3 is 1. The molecule has 0 spiro atoms. The molecular formula is C10H16N2O3. The number of anilines is 1. The summed E-state index contributed by atoms with van der Waals surface area (Å²) in [7, 11) is 1.66. The molecule has 0 aliphatic carbocycles. The molecule has 0 bridgehead atoms. The third-order valence-corrected chi connectivity index (χ3v) is 2.73. The zero-order valence-electron chi connectivity index (χ0n) is 8.86. The van der Waals surface area contributed by atoms with Crippen LogP contribution < -0.4 is 5.73 Å². The van der Waals surface area contributed by atoms with Gasteiger partial charge in [-0.2, -0.15) is 0 Å². The molecule has 0 radical (unpaired) electrons. The Hall–Kier alpha value is -1.07.